The van der Waals surface area contributed by atoms with Crippen molar-refractivity contribution in [1.29, 1.82) is 0 Å². The molecule has 0 saturated carbocycles. The van der Waals surface area contributed by atoms with E-state index in [-0.39, 0.29) is 11.6 Å². The van der Waals surface area contributed by atoms with Crippen LogP contribution < -0.4 is 0 Å². The SMILES string of the molecule is Oc1ccc(Cc2ccc(F)cc2)cc1. The Morgan fingerprint density at radius 2 is 1.27 bits per heavy atom. The fraction of sp³-hybridized carbons (Fsp3) is 0.0769. The van der Waals surface area contributed by atoms with Crippen LogP contribution in [-0.2, 0) is 6.42 Å². The Morgan fingerprint density at radius 1 is 0.800 bits per heavy atom. The minimum Gasteiger partial charge on any atom is -0.508 e. The molecule has 0 heterocycles. The second kappa shape index (κ2) is 4.13. The fourth-order valence-electron chi connectivity index (χ4n) is 1.45. The lowest BCUT2D eigenvalue weighted by atomic mass is 10.1. The van der Waals surface area contributed by atoms with Crippen LogP contribution in [0.15, 0.2) is 48.5 Å². The summed E-state index contributed by atoms with van der Waals surface area (Å²) in [5, 5.41) is 9.11. The molecule has 0 radical (unpaired) electrons. The zero-order valence-corrected chi connectivity index (χ0v) is 8.15. The zero-order valence-electron chi connectivity index (χ0n) is 8.15. The molecule has 0 saturated heterocycles. The summed E-state index contributed by atoms with van der Waals surface area (Å²) < 4.78 is 12.6. The van der Waals surface area contributed by atoms with Crippen molar-refractivity contribution < 1.29 is 9.50 Å². The van der Waals surface area contributed by atoms with Crippen molar-refractivity contribution in [2.24, 2.45) is 0 Å². The summed E-state index contributed by atoms with van der Waals surface area (Å²) in [7, 11) is 0. The third-order valence-electron chi connectivity index (χ3n) is 2.26. The van der Waals surface area contributed by atoms with E-state index >= 15 is 0 Å². The lowest BCUT2D eigenvalue weighted by molar-refractivity contribution is 0.475. The Hall–Kier alpha value is -1.83. The number of phenolic OH excluding ortho intramolecular Hbond substituents is 1. The van der Waals surface area contributed by atoms with Crippen LogP contribution in [0.4, 0.5) is 4.39 Å². The van der Waals surface area contributed by atoms with Crippen molar-refractivity contribution in [2.45, 2.75) is 6.42 Å². The van der Waals surface area contributed by atoms with Crippen molar-refractivity contribution in [3.63, 3.8) is 0 Å². The molecule has 2 aromatic carbocycles. The fourth-order valence-corrected chi connectivity index (χ4v) is 1.45. The summed E-state index contributed by atoms with van der Waals surface area (Å²) in [6.45, 7) is 0. The second-order valence-electron chi connectivity index (χ2n) is 3.47. The van der Waals surface area contributed by atoms with Crippen molar-refractivity contribution in [2.75, 3.05) is 0 Å². The van der Waals surface area contributed by atoms with Crippen LogP contribution in [0.1, 0.15) is 11.1 Å². The van der Waals surface area contributed by atoms with Gasteiger partial charge in [-0.05, 0) is 41.8 Å². The van der Waals surface area contributed by atoms with Crippen LogP contribution in [0.25, 0.3) is 0 Å². The summed E-state index contributed by atoms with van der Waals surface area (Å²) in [4.78, 5) is 0. The number of rotatable bonds is 2. The van der Waals surface area contributed by atoms with Crippen molar-refractivity contribution in [3.05, 3.63) is 65.5 Å². The number of benzene rings is 2. The van der Waals surface area contributed by atoms with Crippen molar-refractivity contribution in [1.82, 2.24) is 0 Å². The number of hydrogen-bond acceptors (Lipinski definition) is 1. The smallest absolute Gasteiger partial charge is 0.123 e. The van der Waals surface area contributed by atoms with E-state index in [9.17, 15) is 4.39 Å². The standard InChI is InChI=1S/C13H11FO/c14-12-5-1-10(2-6-12)9-11-3-7-13(15)8-4-11/h1-8,15H,9H2. The number of phenols is 1. The Bertz CT molecular complexity index is 388. The van der Waals surface area contributed by atoms with Gasteiger partial charge >= 0.3 is 0 Å². The van der Waals surface area contributed by atoms with E-state index in [1.54, 1.807) is 24.3 Å². The molecular weight excluding hydrogens is 191 g/mol. The van der Waals surface area contributed by atoms with E-state index < -0.39 is 0 Å². The summed E-state index contributed by atoms with van der Waals surface area (Å²) >= 11 is 0. The minimum atomic E-state index is -0.218. The highest BCUT2D eigenvalue weighted by Crippen LogP contribution is 2.14. The quantitative estimate of drug-likeness (QED) is 0.793. The van der Waals surface area contributed by atoms with Gasteiger partial charge in [0.2, 0.25) is 0 Å². The lowest BCUT2D eigenvalue weighted by Gasteiger charge is -2.01. The van der Waals surface area contributed by atoms with Gasteiger partial charge in [0.05, 0.1) is 0 Å². The highest BCUT2D eigenvalue weighted by atomic mass is 19.1. The molecule has 1 nitrogen and oxygen atoms in total. The number of aromatic hydroxyl groups is 1. The number of halogens is 1. The van der Waals surface area contributed by atoms with Gasteiger partial charge in [-0.3, -0.25) is 0 Å². The Morgan fingerprint density at radius 3 is 1.80 bits per heavy atom. The van der Waals surface area contributed by atoms with Gasteiger partial charge in [0.15, 0.2) is 0 Å². The normalized spacial score (nSPS) is 10.2. The van der Waals surface area contributed by atoms with E-state index in [1.807, 2.05) is 12.1 Å². The molecule has 1 N–H and O–H groups in total. The monoisotopic (exact) mass is 202 g/mol. The molecule has 2 aromatic rings. The van der Waals surface area contributed by atoms with E-state index in [0.717, 1.165) is 17.5 Å². The van der Waals surface area contributed by atoms with Gasteiger partial charge in [-0.15, -0.1) is 0 Å². The maximum Gasteiger partial charge on any atom is 0.123 e. The van der Waals surface area contributed by atoms with Gasteiger partial charge in [-0.1, -0.05) is 24.3 Å². The maximum atomic E-state index is 12.6. The molecule has 0 aliphatic heterocycles. The highest BCUT2D eigenvalue weighted by molar-refractivity contribution is 5.30. The van der Waals surface area contributed by atoms with Gasteiger partial charge in [-0.25, -0.2) is 4.39 Å². The summed E-state index contributed by atoms with van der Waals surface area (Å²) in [6, 6.07) is 13.5. The average molecular weight is 202 g/mol. The number of hydrogen-bond donors (Lipinski definition) is 1. The van der Waals surface area contributed by atoms with Crippen molar-refractivity contribution in [3.8, 4) is 5.75 Å². The highest BCUT2D eigenvalue weighted by Gasteiger charge is 1.97. The van der Waals surface area contributed by atoms with Gasteiger partial charge in [0.1, 0.15) is 11.6 Å². The largest absolute Gasteiger partial charge is 0.508 e. The molecule has 2 rings (SSSR count). The third kappa shape index (κ3) is 2.56. The van der Waals surface area contributed by atoms with Crippen LogP contribution in [0, 0.1) is 5.82 Å². The van der Waals surface area contributed by atoms with Crippen molar-refractivity contribution >= 4 is 0 Å². The summed E-state index contributed by atoms with van der Waals surface area (Å²) in [6.07, 6.45) is 0.751. The van der Waals surface area contributed by atoms with Gasteiger partial charge in [-0.2, -0.15) is 0 Å². The van der Waals surface area contributed by atoms with E-state index in [1.165, 1.54) is 12.1 Å². The van der Waals surface area contributed by atoms with Crippen LogP contribution in [0.5, 0.6) is 5.75 Å². The molecule has 0 spiro atoms. The second-order valence-corrected chi connectivity index (χ2v) is 3.47. The van der Waals surface area contributed by atoms with Crippen LogP contribution in [0.3, 0.4) is 0 Å². The minimum absolute atomic E-state index is 0.218. The predicted octanol–water partition coefficient (Wildman–Crippen LogP) is 3.12. The van der Waals surface area contributed by atoms with Gasteiger partial charge < -0.3 is 5.11 Å². The summed E-state index contributed by atoms with van der Waals surface area (Å²) in [5.74, 6) is 0.0438. The van der Waals surface area contributed by atoms with Crippen LogP contribution >= 0.6 is 0 Å². The summed E-state index contributed by atoms with van der Waals surface area (Å²) in [5.41, 5.74) is 2.15. The first-order valence-corrected chi connectivity index (χ1v) is 4.76. The molecule has 0 unspecified atom stereocenters. The molecule has 0 aliphatic carbocycles. The topological polar surface area (TPSA) is 20.2 Å². The molecule has 0 atom stereocenters. The maximum absolute atomic E-state index is 12.6. The molecule has 0 bridgehead atoms. The molecule has 0 fully saturated rings. The Kier molecular flexibility index (Phi) is 2.68. The first-order valence-electron chi connectivity index (χ1n) is 4.76. The molecule has 0 aliphatic rings. The first-order chi connectivity index (χ1) is 7.24. The zero-order chi connectivity index (χ0) is 10.7. The van der Waals surface area contributed by atoms with E-state index in [0.29, 0.717) is 0 Å². The average Bonchev–Trinajstić information content (AvgIpc) is 2.25. The lowest BCUT2D eigenvalue weighted by Crippen LogP contribution is -1.87. The Balaban J connectivity index is 2.15. The molecule has 2 heteroatoms. The molecule has 76 valence electrons. The predicted molar refractivity (Wildman–Crippen MR) is 57.3 cm³/mol. The first kappa shape index (κ1) is 9.71. The van der Waals surface area contributed by atoms with E-state index in [2.05, 4.69) is 0 Å². The van der Waals surface area contributed by atoms with Crippen LogP contribution in [0.2, 0.25) is 0 Å². The molecule has 15 heavy (non-hydrogen) atoms. The van der Waals surface area contributed by atoms with Crippen LogP contribution in [-0.4, -0.2) is 5.11 Å². The van der Waals surface area contributed by atoms with Gasteiger partial charge in [0, 0.05) is 0 Å². The molecular formula is C13H11FO. The molecule has 0 amide bonds. The Labute approximate surface area is 87.8 Å². The van der Waals surface area contributed by atoms with E-state index in [4.69, 9.17) is 5.11 Å². The molecule has 0 aromatic heterocycles. The third-order valence-corrected chi connectivity index (χ3v) is 2.26. The van der Waals surface area contributed by atoms with Gasteiger partial charge in [0.25, 0.3) is 0 Å².